The number of para-hydroxylation sites is 1. The van der Waals surface area contributed by atoms with Crippen LogP contribution < -0.4 is 13.9 Å². The molecule has 0 atom stereocenters. The van der Waals surface area contributed by atoms with Crippen LogP contribution in [-0.4, -0.2) is 59.1 Å². The number of anilines is 2. The number of ether oxygens (including phenoxy) is 1. The molecule has 1 amide bonds. The van der Waals surface area contributed by atoms with Crippen molar-refractivity contribution in [1.29, 1.82) is 0 Å². The number of rotatable bonds is 7. The van der Waals surface area contributed by atoms with Gasteiger partial charge in [0.2, 0.25) is 5.91 Å². The highest BCUT2D eigenvalue weighted by Crippen LogP contribution is 2.26. The van der Waals surface area contributed by atoms with Crippen LogP contribution >= 0.6 is 0 Å². The van der Waals surface area contributed by atoms with Crippen molar-refractivity contribution in [1.82, 2.24) is 4.90 Å². The van der Waals surface area contributed by atoms with E-state index in [0.29, 0.717) is 37.6 Å². The van der Waals surface area contributed by atoms with Crippen LogP contribution in [0.5, 0.6) is 5.75 Å². The fourth-order valence-corrected chi connectivity index (χ4v) is 5.34. The molecule has 10 heteroatoms. The van der Waals surface area contributed by atoms with Crippen molar-refractivity contribution in [2.75, 3.05) is 49.0 Å². The molecule has 4 rings (SSSR count). The zero-order valence-electron chi connectivity index (χ0n) is 19.1. The van der Waals surface area contributed by atoms with E-state index >= 15 is 0 Å². The fourth-order valence-electron chi connectivity index (χ4n) is 3.93. The van der Waals surface area contributed by atoms with Gasteiger partial charge in [-0.1, -0.05) is 12.1 Å². The van der Waals surface area contributed by atoms with Gasteiger partial charge < -0.3 is 14.5 Å². The number of amides is 1. The van der Waals surface area contributed by atoms with Crippen molar-refractivity contribution < 1.29 is 26.7 Å². The maximum atomic E-state index is 14.1. The van der Waals surface area contributed by atoms with Crippen LogP contribution in [0.1, 0.15) is 0 Å². The average Bonchev–Trinajstić information content (AvgIpc) is 2.88. The molecule has 0 saturated carbocycles. The van der Waals surface area contributed by atoms with Gasteiger partial charge in [-0.3, -0.25) is 9.10 Å². The summed E-state index contributed by atoms with van der Waals surface area (Å²) in [6.45, 7) is 0.989. The van der Waals surface area contributed by atoms with Gasteiger partial charge in [0.25, 0.3) is 10.0 Å². The summed E-state index contributed by atoms with van der Waals surface area (Å²) in [4.78, 5) is 16.5. The maximum Gasteiger partial charge on any atom is 0.264 e. The third-order valence-corrected chi connectivity index (χ3v) is 7.65. The van der Waals surface area contributed by atoms with Gasteiger partial charge in [-0.15, -0.1) is 0 Å². The summed E-state index contributed by atoms with van der Waals surface area (Å²) in [5, 5.41) is 0. The SMILES string of the molecule is COc1ccc(S(=O)(=O)N(CC(=O)N2CCN(c3ccccc3F)CC2)c2ccc(F)cc2)cc1. The number of hydrogen-bond donors (Lipinski definition) is 0. The Morgan fingerprint density at radius 3 is 2.14 bits per heavy atom. The largest absolute Gasteiger partial charge is 0.497 e. The van der Waals surface area contributed by atoms with Gasteiger partial charge in [0.1, 0.15) is 23.9 Å². The second-order valence-corrected chi connectivity index (χ2v) is 9.85. The Morgan fingerprint density at radius 1 is 0.914 bits per heavy atom. The zero-order chi connectivity index (χ0) is 25.0. The van der Waals surface area contributed by atoms with Gasteiger partial charge in [-0.25, -0.2) is 17.2 Å². The molecule has 0 radical (unpaired) electrons. The summed E-state index contributed by atoms with van der Waals surface area (Å²) in [5.41, 5.74) is 0.634. The molecule has 3 aromatic rings. The first-order valence-corrected chi connectivity index (χ1v) is 12.4. The molecule has 7 nitrogen and oxygen atoms in total. The van der Waals surface area contributed by atoms with Crippen LogP contribution in [0.25, 0.3) is 0 Å². The van der Waals surface area contributed by atoms with E-state index in [1.54, 1.807) is 23.1 Å². The molecule has 1 heterocycles. The van der Waals surface area contributed by atoms with Crippen LogP contribution in [0.3, 0.4) is 0 Å². The number of benzene rings is 3. The molecule has 0 unspecified atom stereocenters. The molecule has 0 bridgehead atoms. The number of nitrogens with zero attached hydrogens (tertiary/aromatic N) is 3. The number of carbonyl (C=O) groups is 1. The quantitative estimate of drug-likeness (QED) is 0.496. The van der Waals surface area contributed by atoms with Crippen LogP contribution in [0, 0.1) is 11.6 Å². The van der Waals surface area contributed by atoms with Gasteiger partial charge in [0.05, 0.1) is 23.4 Å². The molecule has 184 valence electrons. The van der Waals surface area contributed by atoms with Gasteiger partial charge in [-0.05, 0) is 60.7 Å². The zero-order valence-corrected chi connectivity index (χ0v) is 19.9. The molecule has 0 N–H and O–H groups in total. The molecule has 3 aromatic carbocycles. The van der Waals surface area contributed by atoms with Crippen LogP contribution in [0.2, 0.25) is 0 Å². The minimum absolute atomic E-state index is 0.0280. The standard InChI is InChI=1S/C25H25F2N3O4S/c1-34-21-10-12-22(13-11-21)35(32,33)30(20-8-6-19(26)7-9-20)18-25(31)29-16-14-28(15-17-29)24-5-3-2-4-23(24)27/h2-13H,14-18H2,1H3. The van der Waals surface area contributed by atoms with Crippen molar-refractivity contribution in [2.24, 2.45) is 0 Å². The van der Waals surface area contributed by atoms with E-state index in [1.165, 1.54) is 49.6 Å². The van der Waals surface area contributed by atoms with E-state index in [1.807, 2.05) is 4.90 Å². The summed E-state index contributed by atoms with van der Waals surface area (Å²) in [6.07, 6.45) is 0. The van der Waals surface area contributed by atoms with Crippen molar-refractivity contribution >= 4 is 27.3 Å². The summed E-state index contributed by atoms with van der Waals surface area (Å²) in [7, 11) is -2.67. The Labute approximate surface area is 203 Å². The topological polar surface area (TPSA) is 70.2 Å². The molecule has 0 aliphatic carbocycles. The average molecular weight is 502 g/mol. The summed E-state index contributed by atoms with van der Waals surface area (Å²) < 4.78 is 60.7. The number of methoxy groups -OCH3 is 1. The van der Waals surface area contributed by atoms with E-state index in [9.17, 15) is 22.0 Å². The van der Waals surface area contributed by atoms with E-state index in [-0.39, 0.29) is 16.4 Å². The number of halogens is 2. The molecule has 1 fully saturated rings. The lowest BCUT2D eigenvalue weighted by atomic mass is 10.2. The van der Waals surface area contributed by atoms with Gasteiger partial charge in [-0.2, -0.15) is 0 Å². The molecule has 1 saturated heterocycles. The number of piperazine rings is 1. The lowest BCUT2D eigenvalue weighted by Gasteiger charge is -2.37. The normalized spacial score (nSPS) is 14.0. The molecule has 0 aromatic heterocycles. The molecule has 1 aliphatic rings. The minimum atomic E-state index is -4.14. The lowest BCUT2D eigenvalue weighted by molar-refractivity contribution is -0.129. The molecule has 1 aliphatic heterocycles. The molecule has 35 heavy (non-hydrogen) atoms. The molecule has 0 spiro atoms. The predicted octanol–water partition coefficient (Wildman–Crippen LogP) is 3.52. The third-order valence-electron chi connectivity index (χ3n) is 5.87. The molecular formula is C25H25F2N3O4S. The van der Waals surface area contributed by atoms with E-state index < -0.39 is 28.3 Å². The minimum Gasteiger partial charge on any atom is -0.497 e. The fraction of sp³-hybridized carbons (Fsp3) is 0.240. The Balaban J connectivity index is 1.54. The maximum absolute atomic E-state index is 14.1. The highest BCUT2D eigenvalue weighted by atomic mass is 32.2. The highest BCUT2D eigenvalue weighted by molar-refractivity contribution is 7.92. The smallest absolute Gasteiger partial charge is 0.264 e. The summed E-state index contributed by atoms with van der Waals surface area (Å²) >= 11 is 0. The first kappa shape index (κ1) is 24.5. The second-order valence-electron chi connectivity index (χ2n) is 7.98. The first-order chi connectivity index (χ1) is 16.8. The monoisotopic (exact) mass is 501 g/mol. The van der Waals surface area contributed by atoms with Crippen LogP contribution in [0.4, 0.5) is 20.2 Å². The Morgan fingerprint density at radius 2 is 1.54 bits per heavy atom. The lowest BCUT2D eigenvalue weighted by Crippen LogP contribution is -2.52. The van der Waals surface area contributed by atoms with Crippen molar-refractivity contribution in [3.05, 3.63) is 84.4 Å². The summed E-state index contributed by atoms with van der Waals surface area (Å²) in [5.74, 6) is -0.771. The Hall–Kier alpha value is -3.66. The number of hydrogen-bond acceptors (Lipinski definition) is 5. The number of sulfonamides is 1. The first-order valence-electron chi connectivity index (χ1n) is 11.0. The van der Waals surface area contributed by atoms with Gasteiger partial charge in [0.15, 0.2) is 0 Å². The van der Waals surface area contributed by atoms with E-state index in [0.717, 1.165) is 16.4 Å². The molecular weight excluding hydrogens is 476 g/mol. The van der Waals surface area contributed by atoms with Crippen molar-refractivity contribution in [3.63, 3.8) is 0 Å². The van der Waals surface area contributed by atoms with Gasteiger partial charge >= 0.3 is 0 Å². The van der Waals surface area contributed by atoms with Crippen molar-refractivity contribution in [2.45, 2.75) is 4.90 Å². The van der Waals surface area contributed by atoms with E-state index in [4.69, 9.17) is 4.74 Å². The van der Waals surface area contributed by atoms with Crippen molar-refractivity contribution in [3.8, 4) is 5.75 Å². The third kappa shape index (κ3) is 5.37. The highest BCUT2D eigenvalue weighted by Gasteiger charge is 2.30. The number of carbonyl (C=O) groups excluding carboxylic acids is 1. The van der Waals surface area contributed by atoms with E-state index in [2.05, 4.69) is 0 Å². The summed E-state index contributed by atoms with van der Waals surface area (Å²) in [6, 6.07) is 17.2. The Kier molecular flexibility index (Phi) is 7.20. The predicted molar refractivity (Wildman–Crippen MR) is 129 cm³/mol. The second kappa shape index (κ2) is 10.3. The van der Waals surface area contributed by atoms with Crippen LogP contribution in [0.15, 0.2) is 77.7 Å². The van der Waals surface area contributed by atoms with Gasteiger partial charge in [0, 0.05) is 26.2 Å². The Bertz CT molecular complexity index is 1280. The van der Waals surface area contributed by atoms with Crippen LogP contribution in [-0.2, 0) is 14.8 Å².